The van der Waals surface area contributed by atoms with Crippen LogP contribution in [-0.4, -0.2) is 19.7 Å². The number of H-pyrrole nitrogens is 1. The van der Waals surface area contributed by atoms with E-state index >= 15 is 0 Å². The lowest BCUT2D eigenvalue weighted by Gasteiger charge is -2.10. The zero-order valence-corrected chi connectivity index (χ0v) is 11.7. The van der Waals surface area contributed by atoms with Crippen LogP contribution in [0.25, 0.3) is 11.4 Å². The highest BCUT2D eigenvalue weighted by atomic mass is 32.1. The van der Waals surface area contributed by atoms with Crippen LogP contribution >= 0.6 is 12.2 Å². The molecule has 1 aromatic heterocycles. The lowest BCUT2D eigenvalue weighted by molar-refractivity contribution is -0.384. The number of aryl methyl sites for hydroxylation is 1. The number of benzene rings is 1. The molecule has 19 heavy (non-hydrogen) atoms. The van der Waals surface area contributed by atoms with Gasteiger partial charge < -0.3 is 0 Å². The molecule has 100 valence electrons. The standard InChI is InChI=1S/C12H14N4O2S/c1-7(2)15-11(13-14-12(15)19)9-6-8(3)4-5-10(9)16(17)18/h4-7H,1-3H3,(H,14,19). The Morgan fingerprint density at radius 3 is 2.74 bits per heavy atom. The van der Waals surface area contributed by atoms with Crippen molar-refractivity contribution in [2.45, 2.75) is 26.8 Å². The number of nitrogens with zero attached hydrogens (tertiary/aromatic N) is 3. The van der Waals surface area contributed by atoms with Gasteiger partial charge in [0.05, 0.1) is 10.5 Å². The molecule has 2 aromatic rings. The van der Waals surface area contributed by atoms with Crippen molar-refractivity contribution in [1.82, 2.24) is 14.8 Å². The summed E-state index contributed by atoms with van der Waals surface area (Å²) in [7, 11) is 0. The zero-order chi connectivity index (χ0) is 14.2. The third-order valence-electron chi connectivity index (χ3n) is 2.81. The summed E-state index contributed by atoms with van der Waals surface area (Å²) in [5.41, 5.74) is 1.44. The van der Waals surface area contributed by atoms with E-state index in [4.69, 9.17) is 12.2 Å². The SMILES string of the molecule is Cc1ccc([N+](=O)[O-])c(-c2n[nH]c(=S)n2C(C)C)c1. The molecular formula is C12H14N4O2S. The molecule has 6 nitrogen and oxygen atoms in total. The molecule has 2 rings (SSSR count). The Labute approximate surface area is 115 Å². The predicted molar refractivity (Wildman–Crippen MR) is 74.6 cm³/mol. The molecule has 0 bridgehead atoms. The van der Waals surface area contributed by atoms with Gasteiger partial charge >= 0.3 is 0 Å². The average Bonchev–Trinajstić information content (AvgIpc) is 2.70. The quantitative estimate of drug-likeness (QED) is 0.530. The van der Waals surface area contributed by atoms with Crippen LogP contribution in [0.5, 0.6) is 0 Å². The maximum Gasteiger partial charge on any atom is 0.280 e. The molecule has 0 unspecified atom stereocenters. The molecule has 0 aliphatic heterocycles. The minimum Gasteiger partial charge on any atom is -0.297 e. The molecule has 0 radical (unpaired) electrons. The van der Waals surface area contributed by atoms with Gasteiger partial charge in [0.2, 0.25) is 0 Å². The number of aromatic nitrogens is 3. The number of nitro benzene ring substituents is 1. The van der Waals surface area contributed by atoms with Gasteiger partial charge in [-0.25, -0.2) is 0 Å². The van der Waals surface area contributed by atoms with Crippen molar-refractivity contribution in [2.75, 3.05) is 0 Å². The van der Waals surface area contributed by atoms with Gasteiger partial charge in [0.1, 0.15) is 0 Å². The van der Waals surface area contributed by atoms with E-state index in [0.717, 1.165) is 5.56 Å². The summed E-state index contributed by atoms with van der Waals surface area (Å²) in [6, 6.07) is 5.03. The molecule has 0 spiro atoms. The fourth-order valence-corrected chi connectivity index (χ4v) is 2.30. The highest BCUT2D eigenvalue weighted by Crippen LogP contribution is 2.30. The Balaban J connectivity index is 2.75. The van der Waals surface area contributed by atoms with Gasteiger partial charge in [-0.05, 0) is 44.6 Å². The average molecular weight is 278 g/mol. The van der Waals surface area contributed by atoms with Crippen molar-refractivity contribution in [3.05, 3.63) is 38.6 Å². The first-order chi connectivity index (χ1) is 8.91. The summed E-state index contributed by atoms with van der Waals surface area (Å²) in [4.78, 5) is 10.7. The Morgan fingerprint density at radius 1 is 1.47 bits per heavy atom. The van der Waals surface area contributed by atoms with Crippen molar-refractivity contribution in [3.8, 4) is 11.4 Å². The summed E-state index contributed by atoms with van der Waals surface area (Å²) in [6.07, 6.45) is 0. The Morgan fingerprint density at radius 2 is 2.16 bits per heavy atom. The van der Waals surface area contributed by atoms with Crippen molar-refractivity contribution in [2.24, 2.45) is 0 Å². The highest BCUT2D eigenvalue weighted by molar-refractivity contribution is 7.71. The number of hydrogen-bond donors (Lipinski definition) is 1. The first-order valence-electron chi connectivity index (χ1n) is 5.84. The van der Waals surface area contributed by atoms with E-state index in [9.17, 15) is 10.1 Å². The molecule has 1 aromatic carbocycles. The van der Waals surface area contributed by atoms with Crippen LogP contribution in [0.2, 0.25) is 0 Å². The minimum absolute atomic E-state index is 0.0292. The molecule has 0 amide bonds. The number of nitro groups is 1. The van der Waals surface area contributed by atoms with Gasteiger partial charge in [0.15, 0.2) is 10.6 Å². The second-order valence-electron chi connectivity index (χ2n) is 4.59. The van der Waals surface area contributed by atoms with Crippen molar-refractivity contribution >= 4 is 17.9 Å². The summed E-state index contributed by atoms with van der Waals surface area (Å²) in [6.45, 7) is 5.79. The van der Waals surface area contributed by atoms with Crippen molar-refractivity contribution in [1.29, 1.82) is 0 Å². The van der Waals surface area contributed by atoms with Crippen LogP contribution < -0.4 is 0 Å². The fourth-order valence-electron chi connectivity index (χ4n) is 1.96. The minimum atomic E-state index is -0.406. The predicted octanol–water partition coefficient (Wildman–Crippen LogP) is 3.41. The van der Waals surface area contributed by atoms with E-state index < -0.39 is 4.92 Å². The Bertz CT molecular complexity index is 687. The molecule has 1 N–H and O–H groups in total. The molecular weight excluding hydrogens is 264 g/mol. The first kappa shape index (κ1) is 13.4. The van der Waals surface area contributed by atoms with Gasteiger partial charge in [-0.3, -0.25) is 19.8 Å². The van der Waals surface area contributed by atoms with Crippen LogP contribution in [0.3, 0.4) is 0 Å². The normalized spacial score (nSPS) is 10.9. The monoisotopic (exact) mass is 278 g/mol. The summed E-state index contributed by atoms with van der Waals surface area (Å²) in [5, 5.41) is 18.0. The second kappa shape index (κ2) is 4.93. The van der Waals surface area contributed by atoms with Gasteiger partial charge in [-0.2, -0.15) is 5.10 Å². The third-order valence-corrected chi connectivity index (χ3v) is 3.10. The summed E-state index contributed by atoms with van der Waals surface area (Å²) >= 11 is 5.17. The Kier molecular flexibility index (Phi) is 3.48. The number of nitrogens with one attached hydrogen (secondary N) is 1. The van der Waals surface area contributed by atoms with Crippen LogP contribution in [-0.2, 0) is 0 Å². The lowest BCUT2D eigenvalue weighted by atomic mass is 10.1. The zero-order valence-electron chi connectivity index (χ0n) is 10.9. The van der Waals surface area contributed by atoms with Crippen molar-refractivity contribution < 1.29 is 4.92 Å². The molecule has 0 aliphatic carbocycles. The molecule has 7 heteroatoms. The molecule has 0 saturated carbocycles. The summed E-state index contributed by atoms with van der Waals surface area (Å²) in [5.74, 6) is 0.496. The smallest absolute Gasteiger partial charge is 0.280 e. The van der Waals surface area contributed by atoms with E-state index in [1.807, 2.05) is 20.8 Å². The molecule has 0 saturated heterocycles. The molecule has 0 atom stereocenters. The van der Waals surface area contributed by atoms with E-state index in [1.165, 1.54) is 6.07 Å². The van der Waals surface area contributed by atoms with E-state index in [0.29, 0.717) is 16.2 Å². The third kappa shape index (κ3) is 2.41. The van der Waals surface area contributed by atoms with Gasteiger partial charge in [0, 0.05) is 12.1 Å². The summed E-state index contributed by atoms with van der Waals surface area (Å²) < 4.78 is 2.23. The largest absolute Gasteiger partial charge is 0.297 e. The lowest BCUT2D eigenvalue weighted by Crippen LogP contribution is -2.05. The Hall–Kier alpha value is -2.02. The fraction of sp³-hybridized carbons (Fsp3) is 0.333. The van der Waals surface area contributed by atoms with Crippen molar-refractivity contribution in [3.63, 3.8) is 0 Å². The number of hydrogen-bond acceptors (Lipinski definition) is 4. The highest BCUT2D eigenvalue weighted by Gasteiger charge is 2.21. The van der Waals surface area contributed by atoms with Gasteiger partial charge in [-0.1, -0.05) is 6.07 Å². The molecule has 1 heterocycles. The molecule has 0 aliphatic rings. The molecule has 0 fully saturated rings. The second-order valence-corrected chi connectivity index (χ2v) is 4.98. The van der Waals surface area contributed by atoms with Gasteiger partial charge in [-0.15, -0.1) is 0 Å². The number of rotatable bonds is 3. The van der Waals surface area contributed by atoms with Crippen LogP contribution in [0.1, 0.15) is 25.5 Å². The van der Waals surface area contributed by atoms with E-state index in [1.54, 1.807) is 16.7 Å². The van der Waals surface area contributed by atoms with Crippen LogP contribution in [0.4, 0.5) is 5.69 Å². The maximum absolute atomic E-state index is 11.1. The first-order valence-corrected chi connectivity index (χ1v) is 6.25. The van der Waals surface area contributed by atoms with Gasteiger partial charge in [0.25, 0.3) is 5.69 Å². The van der Waals surface area contributed by atoms with E-state index in [-0.39, 0.29) is 11.7 Å². The van der Waals surface area contributed by atoms with Crippen LogP contribution in [0, 0.1) is 21.8 Å². The van der Waals surface area contributed by atoms with Crippen LogP contribution in [0.15, 0.2) is 18.2 Å². The number of aromatic amines is 1. The topological polar surface area (TPSA) is 76.8 Å². The van der Waals surface area contributed by atoms with E-state index in [2.05, 4.69) is 10.2 Å². The maximum atomic E-state index is 11.1.